The van der Waals surface area contributed by atoms with Crippen molar-refractivity contribution in [1.29, 1.82) is 0 Å². The lowest BCUT2D eigenvalue weighted by Crippen LogP contribution is -2.15. The summed E-state index contributed by atoms with van der Waals surface area (Å²) in [7, 11) is 0. The van der Waals surface area contributed by atoms with Crippen LogP contribution in [0.1, 0.15) is 52.0 Å². The van der Waals surface area contributed by atoms with Gasteiger partial charge in [-0.05, 0) is 25.2 Å². The summed E-state index contributed by atoms with van der Waals surface area (Å²) >= 11 is 0. The highest BCUT2D eigenvalue weighted by molar-refractivity contribution is 5.26. The second-order valence-electron chi connectivity index (χ2n) is 4.91. The Morgan fingerprint density at radius 3 is 3.06 bits per heavy atom. The number of anilines is 1. The number of hydrogen-bond acceptors (Lipinski definition) is 2. The molecule has 0 aliphatic heterocycles. The summed E-state index contributed by atoms with van der Waals surface area (Å²) in [6.07, 6.45) is 10.5. The zero-order valence-electron chi connectivity index (χ0n) is 10.4. The summed E-state index contributed by atoms with van der Waals surface area (Å²) < 4.78 is 2.34. The predicted molar refractivity (Wildman–Crippen MR) is 67.7 cm³/mol. The summed E-state index contributed by atoms with van der Waals surface area (Å²) in [6.45, 7) is 5.61. The predicted octanol–water partition coefficient (Wildman–Crippen LogP) is 3.46. The van der Waals surface area contributed by atoms with Crippen LogP contribution in [0.3, 0.4) is 0 Å². The lowest BCUT2D eigenvalue weighted by Gasteiger charge is -2.20. The van der Waals surface area contributed by atoms with E-state index in [1.54, 1.807) is 0 Å². The van der Waals surface area contributed by atoms with E-state index < -0.39 is 0 Å². The number of imidazole rings is 1. The van der Waals surface area contributed by atoms with Crippen molar-refractivity contribution >= 4 is 5.95 Å². The van der Waals surface area contributed by atoms with Gasteiger partial charge in [0.05, 0.1) is 0 Å². The third kappa shape index (κ3) is 2.39. The second kappa shape index (κ2) is 5.37. The Hall–Kier alpha value is -0.990. The van der Waals surface area contributed by atoms with Gasteiger partial charge < -0.3 is 9.88 Å². The molecule has 0 radical (unpaired) electrons. The van der Waals surface area contributed by atoms with Crippen molar-refractivity contribution in [3.63, 3.8) is 0 Å². The number of unbranched alkanes of at least 4 members (excludes halogenated alkanes) is 1. The van der Waals surface area contributed by atoms with Crippen molar-refractivity contribution in [2.24, 2.45) is 5.92 Å². The van der Waals surface area contributed by atoms with Crippen LogP contribution < -0.4 is 5.32 Å². The van der Waals surface area contributed by atoms with Gasteiger partial charge in [0.2, 0.25) is 5.95 Å². The number of aromatic nitrogens is 2. The van der Waals surface area contributed by atoms with Crippen molar-refractivity contribution in [3.05, 3.63) is 12.4 Å². The van der Waals surface area contributed by atoms with Crippen LogP contribution in [-0.2, 0) is 0 Å². The molecule has 1 saturated carbocycles. The molecule has 2 rings (SSSR count). The molecule has 1 aliphatic rings. The molecule has 0 aromatic carbocycles. The monoisotopic (exact) mass is 221 g/mol. The van der Waals surface area contributed by atoms with Gasteiger partial charge in [0.15, 0.2) is 0 Å². The fourth-order valence-corrected chi connectivity index (χ4v) is 2.63. The van der Waals surface area contributed by atoms with Crippen molar-refractivity contribution in [2.45, 2.75) is 52.0 Å². The zero-order chi connectivity index (χ0) is 11.4. The van der Waals surface area contributed by atoms with Crippen LogP contribution in [0.4, 0.5) is 5.95 Å². The highest BCUT2D eigenvalue weighted by Gasteiger charge is 2.26. The molecule has 3 heteroatoms. The third-order valence-electron chi connectivity index (χ3n) is 3.66. The van der Waals surface area contributed by atoms with Crippen molar-refractivity contribution in [2.75, 3.05) is 11.9 Å². The van der Waals surface area contributed by atoms with Crippen LogP contribution in [-0.4, -0.2) is 16.1 Å². The molecule has 3 nitrogen and oxygen atoms in total. The molecular formula is C13H23N3. The number of rotatable bonds is 5. The minimum atomic E-state index is 0.659. The van der Waals surface area contributed by atoms with Crippen molar-refractivity contribution in [1.82, 2.24) is 9.55 Å². The van der Waals surface area contributed by atoms with Gasteiger partial charge in [-0.1, -0.05) is 26.7 Å². The molecule has 1 aromatic heterocycles. The normalized spacial score (nSPS) is 24.9. The molecule has 1 heterocycles. The standard InChI is InChI=1S/C13H23N3/c1-3-4-8-14-13-15-9-10-16(13)12-7-5-6-11(12)2/h9-12H,3-8H2,1-2H3,(H,14,15). The van der Waals surface area contributed by atoms with Crippen LogP contribution in [0.5, 0.6) is 0 Å². The van der Waals surface area contributed by atoms with Crippen LogP contribution in [0.25, 0.3) is 0 Å². The van der Waals surface area contributed by atoms with Gasteiger partial charge in [-0.15, -0.1) is 0 Å². The summed E-state index contributed by atoms with van der Waals surface area (Å²) in [5, 5.41) is 3.44. The molecule has 2 unspecified atom stereocenters. The molecule has 2 atom stereocenters. The van der Waals surface area contributed by atoms with E-state index in [-0.39, 0.29) is 0 Å². The van der Waals surface area contributed by atoms with E-state index >= 15 is 0 Å². The first kappa shape index (κ1) is 11.5. The summed E-state index contributed by atoms with van der Waals surface area (Å²) in [4.78, 5) is 4.42. The van der Waals surface area contributed by atoms with E-state index in [4.69, 9.17) is 0 Å². The van der Waals surface area contributed by atoms with E-state index in [1.807, 2.05) is 6.20 Å². The lowest BCUT2D eigenvalue weighted by molar-refractivity contribution is 0.411. The second-order valence-corrected chi connectivity index (χ2v) is 4.91. The van der Waals surface area contributed by atoms with Gasteiger partial charge in [-0.25, -0.2) is 4.98 Å². The van der Waals surface area contributed by atoms with Crippen LogP contribution >= 0.6 is 0 Å². The first-order valence-electron chi connectivity index (χ1n) is 6.59. The first-order chi connectivity index (χ1) is 7.83. The quantitative estimate of drug-likeness (QED) is 0.772. The maximum atomic E-state index is 4.42. The fourth-order valence-electron chi connectivity index (χ4n) is 2.63. The number of nitrogens with zero attached hydrogens (tertiary/aromatic N) is 2. The molecule has 1 N–H and O–H groups in total. The minimum absolute atomic E-state index is 0.659. The maximum Gasteiger partial charge on any atom is 0.203 e. The Morgan fingerprint density at radius 1 is 1.50 bits per heavy atom. The summed E-state index contributed by atoms with van der Waals surface area (Å²) in [6, 6.07) is 0.659. The molecule has 0 saturated heterocycles. The summed E-state index contributed by atoms with van der Waals surface area (Å²) in [5.74, 6) is 1.85. The minimum Gasteiger partial charge on any atom is -0.356 e. The molecule has 16 heavy (non-hydrogen) atoms. The molecule has 90 valence electrons. The van der Waals surface area contributed by atoms with E-state index in [9.17, 15) is 0 Å². The van der Waals surface area contributed by atoms with Crippen LogP contribution in [0.2, 0.25) is 0 Å². The van der Waals surface area contributed by atoms with Gasteiger partial charge in [0, 0.05) is 25.0 Å². The Bertz CT molecular complexity index is 319. The number of nitrogens with one attached hydrogen (secondary N) is 1. The molecule has 1 fully saturated rings. The van der Waals surface area contributed by atoms with Crippen LogP contribution in [0.15, 0.2) is 12.4 Å². The molecule has 0 bridgehead atoms. The average Bonchev–Trinajstić information content (AvgIpc) is 2.87. The van der Waals surface area contributed by atoms with Gasteiger partial charge >= 0.3 is 0 Å². The fraction of sp³-hybridized carbons (Fsp3) is 0.769. The molecule has 1 aliphatic carbocycles. The van der Waals surface area contributed by atoms with Gasteiger partial charge in [0.1, 0.15) is 0 Å². The molecule has 1 aromatic rings. The first-order valence-corrected chi connectivity index (χ1v) is 6.59. The van der Waals surface area contributed by atoms with E-state index in [1.165, 1.54) is 32.1 Å². The SMILES string of the molecule is CCCCNc1nccn1C1CCCC1C. The third-order valence-corrected chi connectivity index (χ3v) is 3.66. The Morgan fingerprint density at radius 2 is 2.38 bits per heavy atom. The maximum absolute atomic E-state index is 4.42. The van der Waals surface area contributed by atoms with Crippen molar-refractivity contribution < 1.29 is 0 Å². The van der Waals surface area contributed by atoms with Gasteiger partial charge in [-0.3, -0.25) is 0 Å². The Labute approximate surface area is 98.3 Å². The molecule has 0 amide bonds. The van der Waals surface area contributed by atoms with Crippen LogP contribution in [0, 0.1) is 5.92 Å². The van der Waals surface area contributed by atoms with Gasteiger partial charge in [0.25, 0.3) is 0 Å². The largest absolute Gasteiger partial charge is 0.356 e. The molecule has 0 spiro atoms. The molecular weight excluding hydrogens is 198 g/mol. The topological polar surface area (TPSA) is 29.9 Å². The highest BCUT2D eigenvalue weighted by atomic mass is 15.2. The van der Waals surface area contributed by atoms with Crippen molar-refractivity contribution in [3.8, 4) is 0 Å². The smallest absolute Gasteiger partial charge is 0.203 e. The van der Waals surface area contributed by atoms with E-state index in [0.717, 1.165) is 18.4 Å². The van der Waals surface area contributed by atoms with Gasteiger partial charge in [-0.2, -0.15) is 0 Å². The lowest BCUT2D eigenvalue weighted by atomic mass is 10.1. The average molecular weight is 221 g/mol. The Kier molecular flexibility index (Phi) is 3.86. The van der Waals surface area contributed by atoms with E-state index in [2.05, 4.69) is 34.9 Å². The zero-order valence-corrected chi connectivity index (χ0v) is 10.4. The highest BCUT2D eigenvalue weighted by Crippen LogP contribution is 2.36. The van der Waals surface area contributed by atoms with E-state index in [0.29, 0.717) is 6.04 Å². The summed E-state index contributed by atoms with van der Waals surface area (Å²) in [5.41, 5.74) is 0. The Balaban J connectivity index is 2.00. The number of hydrogen-bond donors (Lipinski definition) is 1.